The molecule has 5 heteroatoms. The number of benzene rings is 1. The molecule has 0 saturated carbocycles. The molecule has 0 bridgehead atoms. The first-order chi connectivity index (χ1) is 12.7. The van der Waals surface area contributed by atoms with E-state index in [1.807, 2.05) is 35.5 Å². The minimum absolute atomic E-state index is 0.0703. The van der Waals surface area contributed by atoms with Gasteiger partial charge >= 0.3 is 0 Å². The molecule has 136 valence electrons. The molecule has 1 aromatic heterocycles. The number of ether oxygens (including phenoxy) is 1. The van der Waals surface area contributed by atoms with E-state index in [0.717, 1.165) is 50.3 Å². The Labute approximate surface area is 154 Å². The van der Waals surface area contributed by atoms with Crippen LogP contribution in [0.5, 0.6) is 5.75 Å². The molecule has 0 radical (unpaired) electrons. The highest BCUT2D eigenvalue weighted by Gasteiger charge is 2.30. The first-order valence-electron chi connectivity index (χ1n) is 9.37. The number of nitrogens with zero attached hydrogens (tertiary/aromatic N) is 3. The number of carbonyl (C=O) groups excluding carboxylic acids is 1. The minimum atomic E-state index is -0.0703. The van der Waals surface area contributed by atoms with Crippen molar-refractivity contribution in [1.82, 2.24) is 9.88 Å². The molecule has 1 atom stereocenters. The van der Waals surface area contributed by atoms with E-state index in [4.69, 9.17) is 4.74 Å². The van der Waals surface area contributed by atoms with Crippen LogP contribution in [0.3, 0.4) is 0 Å². The van der Waals surface area contributed by atoms with Gasteiger partial charge in [-0.3, -0.25) is 9.78 Å². The summed E-state index contributed by atoms with van der Waals surface area (Å²) in [5.41, 5.74) is 3.55. The Morgan fingerprint density at radius 1 is 1.15 bits per heavy atom. The summed E-state index contributed by atoms with van der Waals surface area (Å²) in [4.78, 5) is 21.6. The summed E-state index contributed by atoms with van der Waals surface area (Å²) >= 11 is 0. The average molecular weight is 351 g/mol. The maximum Gasteiger partial charge on any atom is 0.229 e. The molecule has 1 fully saturated rings. The highest BCUT2D eigenvalue weighted by molar-refractivity contribution is 5.80. The van der Waals surface area contributed by atoms with E-state index in [2.05, 4.69) is 28.9 Å². The molecule has 1 aromatic carbocycles. The number of fused-ring (bicyclic) bond motifs is 1. The second-order valence-electron chi connectivity index (χ2n) is 7.15. The summed E-state index contributed by atoms with van der Waals surface area (Å²) in [6.45, 7) is 5.99. The predicted molar refractivity (Wildman–Crippen MR) is 102 cm³/mol. The lowest BCUT2D eigenvalue weighted by Gasteiger charge is -2.30. The Morgan fingerprint density at radius 2 is 2.04 bits per heavy atom. The number of carbonyl (C=O) groups is 1. The van der Waals surface area contributed by atoms with E-state index >= 15 is 0 Å². The third kappa shape index (κ3) is 3.39. The van der Waals surface area contributed by atoms with Crippen molar-refractivity contribution in [2.24, 2.45) is 5.92 Å². The number of hydrogen-bond acceptors (Lipinski definition) is 4. The van der Waals surface area contributed by atoms with E-state index in [1.165, 1.54) is 11.3 Å². The molecular formula is C21H25N3O2. The van der Waals surface area contributed by atoms with Crippen LogP contribution in [0.1, 0.15) is 17.5 Å². The van der Waals surface area contributed by atoms with Crippen LogP contribution < -0.4 is 9.64 Å². The summed E-state index contributed by atoms with van der Waals surface area (Å²) < 4.78 is 5.82. The number of para-hydroxylation sites is 1. The highest BCUT2D eigenvalue weighted by atomic mass is 16.5. The van der Waals surface area contributed by atoms with E-state index in [0.29, 0.717) is 6.61 Å². The fourth-order valence-corrected chi connectivity index (χ4v) is 3.94. The number of pyridine rings is 1. The topological polar surface area (TPSA) is 45.7 Å². The van der Waals surface area contributed by atoms with Crippen molar-refractivity contribution in [3.05, 3.63) is 53.9 Å². The second kappa shape index (κ2) is 7.36. The molecule has 1 amide bonds. The fraction of sp³-hybridized carbons (Fsp3) is 0.429. The van der Waals surface area contributed by atoms with Gasteiger partial charge in [-0.2, -0.15) is 0 Å². The van der Waals surface area contributed by atoms with Crippen molar-refractivity contribution < 1.29 is 9.53 Å². The van der Waals surface area contributed by atoms with Crippen molar-refractivity contribution >= 4 is 11.6 Å². The molecule has 0 aliphatic carbocycles. The number of hydrogen-bond donors (Lipinski definition) is 0. The molecule has 1 saturated heterocycles. The Morgan fingerprint density at radius 3 is 2.92 bits per heavy atom. The van der Waals surface area contributed by atoms with Gasteiger partial charge in [0.1, 0.15) is 12.4 Å². The monoisotopic (exact) mass is 351 g/mol. The largest absolute Gasteiger partial charge is 0.492 e. The maximum atomic E-state index is 13.0. The Balaban J connectivity index is 1.41. The molecule has 2 aliphatic heterocycles. The third-order valence-electron chi connectivity index (χ3n) is 5.37. The Hall–Kier alpha value is -2.56. The van der Waals surface area contributed by atoms with Crippen LogP contribution in [0.2, 0.25) is 0 Å². The van der Waals surface area contributed by atoms with Gasteiger partial charge in [-0.15, -0.1) is 0 Å². The minimum Gasteiger partial charge on any atom is -0.492 e. The molecule has 0 spiro atoms. The van der Waals surface area contributed by atoms with Crippen LogP contribution >= 0.6 is 0 Å². The van der Waals surface area contributed by atoms with E-state index < -0.39 is 0 Å². The average Bonchev–Trinajstić information content (AvgIpc) is 2.93. The van der Waals surface area contributed by atoms with Crippen molar-refractivity contribution in [3.63, 3.8) is 0 Å². The molecule has 0 N–H and O–H groups in total. The van der Waals surface area contributed by atoms with Crippen LogP contribution in [0, 0.1) is 12.8 Å². The second-order valence-corrected chi connectivity index (χ2v) is 7.15. The van der Waals surface area contributed by atoms with Crippen LogP contribution in [-0.2, 0) is 11.2 Å². The first kappa shape index (κ1) is 16.9. The molecule has 4 rings (SSSR count). The van der Waals surface area contributed by atoms with Crippen LogP contribution in [-0.4, -0.2) is 48.6 Å². The lowest BCUT2D eigenvalue weighted by atomic mass is 9.95. The normalized spacial score (nSPS) is 20.1. The summed E-state index contributed by atoms with van der Waals surface area (Å²) in [7, 11) is 0. The van der Waals surface area contributed by atoms with E-state index in [-0.39, 0.29) is 11.8 Å². The van der Waals surface area contributed by atoms with E-state index in [1.54, 1.807) is 0 Å². The van der Waals surface area contributed by atoms with Crippen LogP contribution in [0.25, 0.3) is 0 Å². The van der Waals surface area contributed by atoms with E-state index in [9.17, 15) is 4.79 Å². The Kier molecular flexibility index (Phi) is 4.78. The zero-order valence-corrected chi connectivity index (χ0v) is 15.2. The lowest BCUT2D eigenvalue weighted by Crippen LogP contribution is -2.42. The summed E-state index contributed by atoms with van der Waals surface area (Å²) in [6, 6.07) is 10.1. The van der Waals surface area contributed by atoms with Crippen LogP contribution in [0.4, 0.5) is 5.69 Å². The standard InChI is InChI=1S/C21H25N3O2/c1-16-14-22-8-7-19(16)23-9-4-10-24(12-11-23)21(25)18-13-17-5-2-3-6-20(17)26-15-18/h2-3,5-8,14,18H,4,9-13,15H2,1H3. The SMILES string of the molecule is Cc1cnccc1N1CCCN(C(=O)C2COc3ccccc3C2)CC1. The summed E-state index contributed by atoms with van der Waals surface area (Å²) in [5.74, 6) is 1.08. The molecule has 2 aromatic rings. The lowest BCUT2D eigenvalue weighted by molar-refractivity contribution is -0.136. The van der Waals surface area contributed by atoms with Gasteiger partial charge in [0.15, 0.2) is 0 Å². The zero-order valence-electron chi connectivity index (χ0n) is 15.2. The van der Waals surface area contributed by atoms with Crippen molar-refractivity contribution in [2.75, 3.05) is 37.7 Å². The number of rotatable bonds is 2. The molecule has 26 heavy (non-hydrogen) atoms. The highest BCUT2D eigenvalue weighted by Crippen LogP contribution is 2.28. The fourth-order valence-electron chi connectivity index (χ4n) is 3.94. The van der Waals surface area contributed by atoms with Gasteiger partial charge in [-0.25, -0.2) is 0 Å². The van der Waals surface area contributed by atoms with Gasteiger partial charge in [-0.1, -0.05) is 18.2 Å². The number of aryl methyl sites for hydroxylation is 1. The van der Waals surface area contributed by atoms with Gasteiger partial charge in [0.2, 0.25) is 5.91 Å². The number of amides is 1. The van der Waals surface area contributed by atoms with Crippen LogP contribution in [0.15, 0.2) is 42.7 Å². The molecule has 2 aliphatic rings. The van der Waals surface area contributed by atoms with Crippen molar-refractivity contribution in [1.29, 1.82) is 0 Å². The van der Waals surface area contributed by atoms with Gasteiger partial charge in [-0.05, 0) is 43.0 Å². The smallest absolute Gasteiger partial charge is 0.229 e. The summed E-state index contributed by atoms with van der Waals surface area (Å²) in [6.07, 6.45) is 5.50. The zero-order chi connectivity index (χ0) is 17.9. The molecule has 5 nitrogen and oxygen atoms in total. The predicted octanol–water partition coefficient (Wildman–Crippen LogP) is 2.68. The maximum absolute atomic E-state index is 13.0. The molecule has 1 unspecified atom stereocenters. The van der Waals surface area contributed by atoms with Gasteiger partial charge in [0, 0.05) is 44.3 Å². The Bertz CT molecular complexity index is 792. The van der Waals surface area contributed by atoms with Gasteiger partial charge in [0.25, 0.3) is 0 Å². The van der Waals surface area contributed by atoms with Crippen molar-refractivity contribution in [2.45, 2.75) is 19.8 Å². The number of anilines is 1. The third-order valence-corrected chi connectivity index (χ3v) is 5.37. The van der Waals surface area contributed by atoms with Gasteiger partial charge < -0.3 is 14.5 Å². The quantitative estimate of drug-likeness (QED) is 0.835. The van der Waals surface area contributed by atoms with Crippen molar-refractivity contribution in [3.8, 4) is 5.75 Å². The molecule has 3 heterocycles. The first-order valence-corrected chi connectivity index (χ1v) is 9.37. The van der Waals surface area contributed by atoms with Gasteiger partial charge in [0.05, 0.1) is 5.92 Å². The summed E-state index contributed by atoms with van der Waals surface area (Å²) in [5, 5.41) is 0. The molecular weight excluding hydrogens is 326 g/mol. The number of aromatic nitrogens is 1.